The highest BCUT2D eigenvalue weighted by molar-refractivity contribution is 5.76. The van der Waals surface area contributed by atoms with Gasteiger partial charge in [0.05, 0.1) is 6.10 Å². The summed E-state index contributed by atoms with van der Waals surface area (Å²) < 4.78 is 0. The van der Waals surface area contributed by atoms with Crippen molar-refractivity contribution < 1.29 is 9.90 Å². The summed E-state index contributed by atoms with van der Waals surface area (Å²) in [5.74, 6) is 0.137. The van der Waals surface area contributed by atoms with Crippen LogP contribution in [0.25, 0.3) is 0 Å². The molecule has 0 fully saturated rings. The predicted octanol–water partition coefficient (Wildman–Crippen LogP) is 1.40. The molecule has 0 bridgehead atoms. The van der Waals surface area contributed by atoms with Gasteiger partial charge in [0.1, 0.15) is 0 Å². The Hall–Kier alpha value is -0.570. The maximum Gasteiger partial charge on any atom is 0.222 e. The Morgan fingerprint density at radius 3 is 2.23 bits per heavy atom. The van der Waals surface area contributed by atoms with Gasteiger partial charge >= 0.3 is 0 Å². The van der Waals surface area contributed by atoms with Crippen LogP contribution in [-0.4, -0.2) is 34.6 Å². The van der Waals surface area contributed by atoms with Crippen LogP contribution in [0.1, 0.15) is 40.5 Å². The molecule has 13 heavy (non-hydrogen) atoms. The Bertz CT molecular complexity index is 155. The van der Waals surface area contributed by atoms with Crippen molar-refractivity contribution in [3.63, 3.8) is 0 Å². The van der Waals surface area contributed by atoms with E-state index in [0.29, 0.717) is 12.8 Å². The van der Waals surface area contributed by atoms with Crippen molar-refractivity contribution in [2.24, 2.45) is 0 Å². The molecule has 0 aromatic heterocycles. The number of carbonyl (C=O) groups excluding carboxylic acids is 1. The van der Waals surface area contributed by atoms with E-state index in [0.717, 1.165) is 6.54 Å². The summed E-state index contributed by atoms with van der Waals surface area (Å²) in [4.78, 5) is 13.4. The number of nitrogens with zero attached hydrogens (tertiary/aromatic N) is 1. The average Bonchev–Trinajstić information content (AvgIpc) is 2.01. The summed E-state index contributed by atoms with van der Waals surface area (Å²) in [6.45, 7) is 8.43. The first-order valence-corrected chi connectivity index (χ1v) is 4.96. The van der Waals surface area contributed by atoms with Gasteiger partial charge in [0.15, 0.2) is 0 Å². The van der Waals surface area contributed by atoms with Gasteiger partial charge in [0, 0.05) is 19.0 Å². The first-order valence-electron chi connectivity index (χ1n) is 4.96. The zero-order valence-electron chi connectivity index (χ0n) is 9.08. The zero-order valence-corrected chi connectivity index (χ0v) is 9.08. The largest absolute Gasteiger partial charge is 0.393 e. The van der Waals surface area contributed by atoms with Crippen molar-refractivity contribution in [2.45, 2.75) is 52.7 Å². The lowest BCUT2D eigenvalue weighted by Crippen LogP contribution is -2.36. The topological polar surface area (TPSA) is 40.5 Å². The maximum atomic E-state index is 11.5. The van der Waals surface area contributed by atoms with Gasteiger partial charge in [-0.1, -0.05) is 0 Å². The SMILES string of the molecule is CCN(C(=O)CCC(C)O)C(C)C. The van der Waals surface area contributed by atoms with E-state index >= 15 is 0 Å². The molecule has 0 rings (SSSR count). The Labute approximate surface area is 80.7 Å². The Morgan fingerprint density at radius 2 is 1.92 bits per heavy atom. The zero-order chi connectivity index (χ0) is 10.4. The van der Waals surface area contributed by atoms with Crippen LogP contribution in [-0.2, 0) is 4.79 Å². The lowest BCUT2D eigenvalue weighted by molar-refractivity contribution is -0.133. The molecule has 1 unspecified atom stereocenters. The van der Waals surface area contributed by atoms with E-state index in [1.165, 1.54) is 0 Å². The molecule has 1 atom stereocenters. The van der Waals surface area contributed by atoms with Crippen molar-refractivity contribution >= 4 is 5.91 Å². The minimum atomic E-state index is -0.380. The molecule has 0 heterocycles. The first-order chi connectivity index (χ1) is 5.99. The fourth-order valence-electron chi connectivity index (χ4n) is 1.31. The van der Waals surface area contributed by atoms with Crippen molar-refractivity contribution in [2.75, 3.05) is 6.54 Å². The van der Waals surface area contributed by atoms with Crippen molar-refractivity contribution in [1.82, 2.24) is 4.90 Å². The van der Waals surface area contributed by atoms with E-state index in [4.69, 9.17) is 5.11 Å². The third-order valence-electron chi connectivity index (χ3n) is 2.06. The minimum absolute atomic E-state index is 0.137. The molecule has 0 aromatic carbocycles. The molecule has 0 aromatic rings. The number of carbonyl (C=O) groups is 1. The highest BCUT2D eigenvalue weighted by Crippen LogP contribution is 2.04. The quantitative estimate of drug-likeness (QED) is 0.707. The van der Waals surface area contributed by atoms with Crippen molar-refractivity contribution in [1.29, 1.82) is 0 Å². The fraction of sp³-hybridized carbons (Fsp3) is 0.900. The summed E-state index contributed by atoms with van der Waals surface area (Å²) in [6.07, 6.45) is 0.626. The number of hydrogen-bond acceptors (Lipinski definition) is 2. The maximum absolute atomic E-state index is 11.5. The van der Waals surface area contributed by atoms with E-state index in [-0.39, 0.29) is 18.1 Å². The van der Waals surface area contributed by atoms with Gasteiger partial charge < -0.3 is 10.0 Å². The molecule has 78 valence electrons. The Balaban J connectivity index is 3.92. The van der Waals surface area contributed by atoms with Crippen LogP contribution in [0.5, 0.6) is 0 Å². The Kier molecular flexibility index (Phi) is 5.71. The van der Waals surface area contributed by atoms with Gasteiger partial charge in [0.25, 0.3) is 0 Å². The molecule has 1 amide bonds. The van der Waals surface area contributed by atoms with Crippen LogP contribution in [0.2, 0.25) is 0 Å². The minimum Gasteiger partial charge on any atom is -0.393 e. The highest BCUT2D eigenvalue weighted by atomic mass is 16.3. The summed E-state index contributed by atoms with van der Waals surface area (Å²) in [5.41, 5.74) is 0. The lowest BCUT2D eigenvalue weighted by Gasteiger charge is -2.25. The van der Waals surface area contributed by atoms with Crippen LogP contribution < -0.4 is 0 Å². The molecule has 0 radical (unpaired) electrons. The van der Waals surface area contributed by atoms with Gasteiger partial charge in [-0.05, 0) is 34.1 Å². The summed E-state index contributed by atoms with van der Waals surface area (Å²) in [5, 5.41) is 9.02. The molecule has 0 aliphatic carbocycles. The summed E-state index contributed by atoms with van der Waals surface area (Å²) in [7, 11) is 0. The molecule has 3 heteroatoms. The number of aliphatic hydroxyl groups excluding tert-OH is 1. The highest BCUT2D eigenvalue weighted by Gasteiger charge is 2.14. The Morgan fingerprint density at radius 1 is 1.38 bits per heavy atom. The van der Waals surface area contributed by atoms with Gasteiger partial charge in [-0.25, -0.2) is 0 Å². The monoisotopic (exact) mass is 187 g/mol. The second-order valence-electron chi connectivity index (χ2n) is 3.66. The molecular formula is C10H21NO2. The smallest absolute Gasteiger partial charge is 0.222 e. The van der Waals surface area contributed by atoms with E-state index in [2.05, 4.69) is 0 Å². The number of aliphatic hydroxyl groups is 1. The average molecular weight is 187 g/mol. The first kappa shape index (κ1) is 12.4. The summed E-state index contributed by atoms with van der Waals surface area (Å²) in [6, 6.07) is 0.256. The molecule has 0 aliphatic heterocycles. The van der Waals surface area contributed by atoms with Crippen molar-refractivity contribution in [3.8, 4) is 0 Å². The van der Waals surface area contributed by atoms with E-state index in [1.807, 2.05) is 25.7 Å². The third kappa shape index (κ3) is 4.88. The van der Waals surface area contributed by atoms with E-state index in [9.17, 15) is 4.79 Å². The summed E-state index contributed by atoms with van der Waals surface area (Å²) >= 11 is 0. The number of hydrogen-bond donors (Lipinski definition) is 1. The van der Waals surface area contributed by atoms with Gasteiger partial charge in [-0.2, -0.15) is 0 Å². The molecule has 3 nitrogen and oxygen atoms in total. The molecule has 0 spiro atoms. The van der Waals surface area contributed by atoms with Crippen LogP contribution in [0.3, 0.4) is 0 Å². The second kappa shape index (κ2) is 5.97. The number of rotatable bonds is 5. The van der Waals surface area contributed by atoms with Crippen molar-refractivity contribution in [3.05, 3.63) is 0 Å². The predicted molar refractivity (Wildman–Crippen MR) is 53.4 cm³/mol. The fourth-order valence-corrected chi connectivity index (χ4v) is 1.31. The normalized spacial score (nSPS) is 13.1. The molecular weight excluding hydrogens is 166 g/mol. The van der Waals surface area contributed by atoms with Gasteiger partial charge in [-0.3, -0.25) is 4.79 Å². The van der Waals surface area contributed by atoms with Gasteiger partial charge in [-0.15, -0.1) is 0 Å². The number of amides is 1. The third-order valence-corrected chi connectivity index (χ3v) is 2.06. The van der Waals surface area contributed by atoms with E-state index < -0.39 is 0 Å². The molecule has 0 saturated carbocycles. The molecule has 1 N–H and O–H groups in total. The molecule has 0 saturated heterocycles. The van der Waals surface area contributed by atoms with Gasteiger partial charge in [0.2, 0.25) is 5.91 Å². The standard InChI is InChI=1S/C10H21NO2/c1-5-11(8(2)3)10(13)7-6-9(4)12/h8-9,12H,5-7H2,1-4H3. The van der Waals surface area contributed by atoms with Crippen LogP contribution in [0, 0.1) is 0 Å². The van der Waals surface area contributed by atoms with Crippen LogP contribution in [0.15, 0.2) is 0 Å². The molecule has 0 aliphatic rings. The van der Waals surface area contributed by atoms with E-state index in [1.54, 1.807) is 6.92 Å². The second-order valence-corrected chi connectivity index (χ2v) is 3.66. The lowest BCUT2D eigenvalue weighted by atomic mass is 10.2. The van der Waals surface area contributed by atoms with Crippen LogP contribution in [0.4, 0.5) is 0 Å². The van der Waals surface area contributed by atoms with Crippen LogP contribution >= 0.6 is 0 Å².